The predicted molar refractivity (Wildman–Crippen MR) is 79.6 cm³/mol. The summed E-state index contributed by atoms with van der Waals surface area (Å²) >= 11 is 12.1. The van der Waals surface area contributed by atoms with Crippen molar-refractivity contribution in [2.45, 2.75) is 24.8 Å². The number of hydrogen-bond acceptors (Lipinski definition) is 3. The van der Waals surface area contributed by atoms with Gasteiger partial charge in [0.2, 0.25) is 11.8 Å². The first-order valence-corrected chi connectivity index (χ1v) is 7.38. The number of amides is 2. The molecule has 0 aliphatic carbocycles. The van der Waals surface area contributed by atoms with Crippen molar-refractivity contribution in [2.75, 3.05) is 18.5 Å². The van der Waals surface area contributed by atoms with Crippen LogP contribution in [0.2, 0.25) is 10.0 Å². The molecule has 1 spiro atoms. The van der Waals surface area contributed by atoms with Gasteiger partial charge in [0.25, 0.3) is 0 Å². The lowest BCUT2D eigenvalue weighted by molar-refractivity contribution is -0.135. The minimum absolute atomic E-state index is 0.156. The number of rotatable bonds is 1. The number of nitrogens with zero attached hydrogens (tertiary/aromatic N) is 1. The molecule has 7 heteroatoms. The zero-order valence-electron chi connectivity index (χ0n) is 11.3. The van der Waals surface area contributed by atoms with Gasteiger partial charge in [-0.25, -0.2) is 0 Å². The lowest BCUT2D eigenvalue weighted by atomic mass is 9.75. The smallest absolute Gasteiger partial charge is 0.248 e. The number of carbonyl (C=O) groups excluding carboxylic acids is 2. The fraction of sp³-hybridized carbons (Fsp3) is 0.429. The monoisotopic (exact) mass is 328 g/mol. The SMILES string of the molecule is C[C@@H]1N(C(=O)CO)CCC12C(=O)Nc1cc(Cl)c(Cl)cc12. The van der Waals surface area contributed by atoms with E-state index in [1.165, 1.54) is 4.90 Å². The first-order valence-electron chi connectivity index (χ1n) is 6.63. The van der Waals surface area contributed by atoms with Crippen LogP contribution < -0.4 is 5.32 Å². The van der Waals surface area contributed by atoms with Gasteiger partial charge in [0.05, 0.1) is 15.5 Å². The standard InChI is InChI=1S/C14H14Cl2N2O3/c1-7-14(2-3-18(7)12(20)6-19)8-4-9(15)10(16)5-11(8)17-13(14)21/h4-5,7,19H,2-3,6H2,1H3,(H,17,21)/t7-,14?/m0/s1. The van der Waals surface area contributed by atoms with E-state index in [1.807, 2.05) is 6.92 Å². The van der Waals surface area contributed by atoms with E-state index in [4.69, 9.17) is 28.3 Å². The van der Waals surface area contributed by atoms with Gasteiger partial charge in [-0.2, -0.15) is 0 Å². The molecule has 0 aromatic heterocycles. The van der Waals surface area contributed by atoms with Gasteiger partial charge in [-0.15, -0.1) is 0 Å². The molecule has 3 rings (SSSR count). The van der Waals surface area contributed by atoms with Crippen LogP contribution in [0, 0.1) is 0 Å². The molecule has 1 aromatic rings. The Kier molecular flexibility index (Phi) is 3.39. The molecule has 2 N–H and O–H groups in total. The van der Waals surface area contributed by atoms with Crippen molar-refractivity contribution >= 4 is 40.7 Å². The summed E-state index contributed by atoms with van der Waals surface area (Å²) in [6.07, 6.45) is 0.497. The third-order valence-corrected chi connectivity index (χ3v) is 5.30. The van der Waals surface area contributed by atoms with Crippen molar-refractivity contribution in [3.8, 4) is 0 Å². The number of benzene rings is 1. The maximum absolute atomic E-state index is 12.5. The first kappa shape index (κ1) is 14.6. The molecule has 1 aromatic carbocycles. The molecular weight excluding hydrogens is 315 g/mol. The zero-order chi connectivity index (χ0) is 15.4. The predicted octanol–water partition coefficient (Wildman–Crippen LogP) is 1.80. The van der Waals surface area contributed by atoms with Gasteiger partial charge < -0.3 is 15.3 Å². The molecule has 0 bridgehead atoms. The number of fused-ring (bicyclic) bond motifs is 2. The van der Waals surface area contributed by atoms with Crippen LogP contribution in [0.1, 0.15) is 18.9 Å². The number of hydrogen-bond donors (Lipinski definition) is 2. The Hall–Kier alpha value is -1.30. The van der Waals surface area contributed by atoms with Gasteiger partial charge in [-0.1, -0.05) is 23.2 Å². The van der Waals surface area contributed by atoms with Crippen LogP contribution in [-0.2, 0) is 15.0 Å². The summed E-state index contributed by atoms with van der Waals surface area (Å²) in [5.74, 6) is -0.530. The van der Waals surface area contributed by atoms with Crippen molar-refractivity contribution in [1.82, 2.24) is 4.90 Å². The Morgan fingerprint density at radius 3 is 2.81 bits per heavy atom. The Balaban J connectivity index is 2.10. The molecule has 1 unspecified atom stereocenters. The van der Waals surface area contributed by atoms with E-state index in [0.717, 1.165) is 5.56 Å². The minimum atomic E-state index is -0.825. The summed E-state index contributed by atoms with van der Waals surface area (Å²) < 4.78 is 0. The van der Waals surface area contributed by atoms with Crippen molar-refractivity contribution < 1.29 is 14.7 Å². The largest absolute Gasteiger partial charge is 0.387 e. The van der Waals surface area contributed by atoms with E-state index in [0.29, 0.717) is 28.7 Å². The maximum Gasteiger partial charge on any atom is 0.248 e. The topological polar surface area (TPSA) is 69.6 Å². The van der Waals surface area contributed by atoms with Crippen LogP contribution in [0.15, 0.2) is 12.1 Å². The molecule has 2 aliphatic heterocycles. The second-order valence-corrected chi connectivity index (χ2v) is 6.22. The number of carbonyl (C=O) groups is 2. The molecule has 2 amide bonds. The Labute approximate surface area is 131 Å². The third-order valence-electron chi connectivity index (χ3n) is 4.58. The fourth-order valence-electron chi connectivity index (χ4n) is 3.44. The van der Waals surface area contributed by atoms with Crippen LogP contribution in [0.3, 0.4) is 0 Å². The molecule has 5 nitrogen and oxygen atoms in total. The second kappa shape index (κ2) is 4.87. The molecule has 21 heavy (non-hydrogen) atoms. The molecule has 2 atom stereocenters. The number of nitrogens with one attached hydrogen (secondary N) is 1. The van der Waals surface area contributed by atoms with Crippen LogP contribution in [0.25, 0.3) is 0 Å². The van der Waals surface area contributed by atoms with E-state index in [1.54, 1.807) is 12.1 Å². The van der Waals surface area contributed by atoms with Gasteiger partial charge in [0.1, 0.15) is 6.61 Å². The fourth-order valence-corrected chi connectivity index (χ4v) is 3.76. The Morgan fingerprint density at radius 1 is 1.48 bits per heavy atom. The maximum atomic E-state index is 12.5. The Morgan fingerprint density at radius 2 is 2.14 bits per heavy atom. The van der Waals surface area contributed by atoms with Crippen LogP contribution in [0.5, 0.6) is 0 Å². The van der Waals surface area contributed by atoms with Crippen molar-refractivity contribution in [3.63, 3.8) is 0 Å². The summed E-state index contributed by atoms with van der Waals surface area (Å²) in [5.41, 5.74) is 0.580. The van der Waals surface area contributed by atoms with E-state index in [2.05, 4.69) is 5.32 Å². The lowest BCUT2D eigenvalue weighted by Crippen LogP contribution is -2.47. The van der Waals surface area contributed by atoms with Gasteiger partial charge >= 0.3 is 0 Å². The van der Waals surface area contributed by atoms with Crippen LogP contribution in [0.4, 0.5) is 5.69 Å². The van der Waals surface area contributed by atoms with E-state index in [-0.39, 0.29) is 17.9 Å². The minimum Gasteiger partial charge on any atom is -0.387 e. The first-order chi connectivity index (χ1) is 9.91. The summed E-state index contributed by atoms with van der Waals surface area (Å²) in [4.78, 5) is 25.9. The molecule has 1 saturated heterocycles. The van der Waals surface area contributed by atoms with E-state index >= 15 is 0 Å². The number of likely N-dealkylation sites (tertiary alicyclic amines) is 1. The number of anilines is 1. The highest BCUT2D eigenvalue weighted by molar-refractivity contribution is 6.42. The zero-order valence-corrected chi connectivity index (χ0v) is 12.8. The van der Waals surface area contributed by atoms with Gasteiger partial charge in [-0.05, 0) is 31.0 Å². The summed E-state index contributed by atoms with van der Waals surface area (Å²) in [6, 6.07) is 2.98. The number of aliphatic hydroxyl groups excluding tert-OH is 1. The Bertz CT molecular complexity index is 649. The van der Waals surface area contributed by atoms with Gasteiger partial charge in [0, 0.05) is 18.3 Å². The highest BCUT2D eigenvalue weighted by Crippen LogP contribution is 2.49. The normalized spacial score (nSPS) is 27.1. The number of aliphatic hydroxyl groups is 1. The van der Waals surface area contributed by atoms with Crippen LogP contribution in [-0.4, -0.2) is 41.0 Å². The molecular formula is C14H14Cl2N2O3. The van der Waals surface area contributed by atoms with Crippen molar-refractivity contribution in [2.24, 2.45) is 0 Å². The van der Waals surface area contributed by atoms with E-state index in [9.17, 15) is 9.59 Å². The highest BCUT2D eigenvalue weighted by atomic mass is 35.5. The van der Waals surface area contributed by atoms with Crippen LogP contribution >= 0.6 is 23.2 Å². The molecule has 2 aliphatic rings. The summed E-state index contributed by atoms with van der Waals surface area (Å²) in [7, 11) is 0. The summed E-state index contributed by atoms with van der Waals surface area (Å²) in [6.45, 7) is 1.68. The van der Waals surface area contributed by atoms with E-state index < -0.39 is 12.0 Å². The van der Waals surface area contributed by atoms with Crippen molar-refractivity contribution in [1.29, 1.82) is 0 Å². The molecule has 112 valence electrons. The highest BCUT2D eigenvalue weighted by Gasteiger charge is 2.57. The van der Waals surface area contributed by atoms with Crippen molar-refractivity contribution in [3.05, 3.63) is 27.7 Å². The molecule has 0 radical (unpaired) electrons. The van der Waals surface area contributed by atoms with Gasteiger partial charge in [-0.3, -0.25) is 9.59 Å². The molecule has 1 fully saturated rings. The third kappa shape index (κ3) is 1.88. The van der Waals surface area contributed by atoms with Gasteiger partial charge in [0.15, 0.2) is 0 Å². The number of halogens is 2. The molecule has 0 saturated carbocycles. The quantitative estimate of drug-likeness (QED) is 0.825. The average Bonchev–Trinajstić information content (AvgIpc) is 2.92. The molecule has 2 heterocycles. The average molecular weight is 329 g/mol. The second-order valence-electron chi connectivity index (χ2n) is 5.41. The lowest BCUT2D eigenvalue weighted by Gasteiger charge is -2.30. The summed E-state index contributed by atoms with van der Waals surface area (Å²) in [5, 5.41) is 12.6.